The monoisotopic (exact) mass is 417 g/mol. The smallest absolute Gasteiger partial charge is 0.260 e. The van der Waals surface area contributed by atoms with Crippen molar-refractivity contribution < 1.29 is 14.3 Å². The summed E-state index contributed by atoms with van der Waals surface area (Å²) >= 11 is 6.26. The Morgan fingerprint density at radius 2 is 1.69 bits per heavy atom. The summed E-state index contributed by atoms with van der Waals surface area (Å²) in [7, 11) is 0. The van der Waals surface area contributed by atoms with E-state index in [2.05, 4.69) is 5.32 Å². The van der Waals surface area contributed by atoms with E-state index in [0.29, 0.717) is 36.1 Å². The molecule has 0 saturated heterocycles. The van der Waals surface area contributed by atoms with Crippen LogP contribution in [0.5, 0.6) is 5.75 Å². The normalized spacial score (nSPS) is 10.3. The van der Waals surface area contributed by atoms with Crippen LogP contribution in [0, 0.1) is 0 Å². The highest BCUT2D eigenvalue weighted by atomic mass is 35.5. The van der Waals surface area contributed by atoms with Crippen molar-refractivity contribution in [2.24, 2.45) is 0 Å². The molecular formula is C22H28ClN3O3. The summed E-state index contributed by atoms with van der Waals surface area (Å²) in [6.07, 6.45) is 0. The van der Waals surface area contributed by atoms with E-state index in [1.54, 1.807) is 23.1 Å². The van der Waals surface area contributed by atoms with Crippen molar-refractivity contribution in [3.63, 3.8) is 0 Å². The number of hydrogen-bond acceptors (Lipinski definition) is 4. The number of likely N-dealkylation sites (N-methyl/N-ethyl adjacent to an activating group) is 2. The molecule has 6 nitrogen and oxygen atoms in total. The minimum absolute atomic E-state index is 0.0738. The zero-order valence-electron chi connectivity index (χ0n) is 17.2. The predicted molar refractivity (Wildman–Crippen MR) is 118 cm³/mol. The topological polar surface area (TPSA) is 61.9 Å². The number of rotatable bonds is 10. The predicted octanol–water partition coefficient (Wildman–Crippen LogP) is 4.05. The molecule has 0 bridgehead atoms. The van der Waals surface area contributed by atoms with Gasteiger partial charge in [0.05, 0.1) is 11.6 Å². The van der Waals surface area contributed by atoms with Gasteiger partial charge in [-0.2, -0.15) is 0 Å². The highest BCUT2D eigenvalue weighted by Gasteiger charge is 2.13. The lowest BCUT2D eigenvalue weighted by Gasteiger charge is -2.22. The van der Waals surface area contributed by atoms with Crippen LogP contribution in [0.2, 0.25) is 5.02 Å². The lowest BCUT2D eigenvalue weighted by molar-refractivity contribution is -0.133. The van der Waals surface area contributed by atoms with Gasteiger partial charge in [0.2, 0.25) is 5.91 Å². The van der Waals surface area contributed by atoms with Crippen molar-refractivity contribution in [2.75, 3.05) is 43.0 Å². The second kappa shape index (κ2) is 11.3. The first-order valence-corrected chi connectivity index (χ1v) is 10.2. The van der Waals surface area contributed by atoms with Crippen molar-refractivity contribution >= 4 is 34.8 Å². The van der Waals surface area contributed by atoms with Gasteiger partial charge in [0, 0.05) is 31.0 Å². The summed E-state index contributed by atoms with van der Waals surface area (Å²) in [6.45, 7) is 7.98. The molecule has 0 radical (unpaired) electrons. The molecule has 2 aromatic rings. The first kappa shape index (κ1) is 22.6. The summed E-state index contributed by atoms with van der Waals surface area (Å²) < 4.78 is 5.54. The number of anilines is 2. The Morgan fingerprint density at radius 3 is 2.28 bits per heavy atom. The fourth-order valence-corrected chi connectivity index (χ4v) is 3.14. The zero-order valence-corrected chi connectivity index (χ0v) is 17.9. The minimum atomic E-state index is -0.142. The molecule has 156 valence electrons. The van der Waals surface area contributed by atoms with Gasteiger partial charge in [-0.05, 0) is 51.1 Å². The Morgan fingerprint density at radius 1 is 1.00 bits per heavy atom. The average Bonchev–Trinajstić information content (AvgIpc) is 2.73. The number of benzene rings is 2. The van der Waals surface area contributed by atoms with Crippen molar-refractivity contribution in [2.45, 2.75) is 20.8 Å². The molecule has 0 aromatic heterocycles. The number of halogens is 1. The van der Waals surface area contributed by atoms with Crippen molar-refractivity contribution in [3.05, 3.63) is 53.6 Å². The number of carbonyl (C=O) groups is 2. The van der Waals surface area contributed by atoms with E-state index in [0.717, 1.165) is 5.69 Å². The zero-order chi connectivity index (χ0) is 21.2. The molecule has 0 aliphatic heterocycles. The SMILES string of the molecule is CCN(CC)C(=O)COc1ccc(NC(=O)CN(CC)c2ccccc2)cc1Cl. The van der Waals surface area contributed by atoms with Crippen LogP contribution in [0.4, 0.5) is 11.4 Å². The third-order valence-corrected chi connectivity index (χ3v) is 4.82. The molecule has 0 aliphatic rings. The molecule has 0 unspecified atom stereocenters. The maximum atomic E-state index is 12.4. The van der Waals surface area contributed by atoms with Gasteiger partial charge in [-0.15, -0.1) is 0 Å². The fourth-order valence-electron chi connectivity index (χ4n) is 2.90. The minimum Gasteiger partial charge on any atom is -0.482 e. The summed E-state index contributed by atoms with van der Waals surface area (Å²) in [4.78, 5) is 28.1. The van der Waals surface area contributed by atoms with Gasteiger partial charge in [0.15, 0.2) is 6.61 Å². The van der Waals surface area contributed by atoms with Gasteiger partial charge in [-0.3, -0.25) is 9.59 Å². The van der Waals surface area contributed by atoms with E-state index >= 15 is 0 Å². The standard InChI is InChI=1S/C22H28ClN3O3/c1-4-25(5-2)22(28)16-29-20-13-12-17(14-19(20)23)24-21(27)15-26(6-3)18-10-8-7-9-11-18/h7-14H,4-6,15-16H2,1-3H3,(H,24,27). The average molecular weight is 418 g/mol. The molecule has 2 amide bonds. The third-order valence-electron chi connectivity index (χ3n) is 4.52. The Labute approximate surface area is 177 Å². The van der Waals surface area contributed by atoms with Gasteiger partial charge in [-0.25, -0.2) is 0 Å². The van der Waals surface area contributed by atoms with Crippen molar-refractivity contribution in [1.82, 2.24) is 4.90 Å². The van der Waals surface area contributed by atoms with E-state index < -0.39 is 0 Å². The molecule has 0 spiro atoms. The molecule has 0 atom stereocenters. The van der Waals surface area contributed by atoms with E-state index in [1.807, 2.05) is 56.0 Å². The van der Waals surface area contributed by atoms with Crippen LogP contribution >= 0.6 is 11.6 Å². The quantitative estimate of drug-likeness (QED) is 0.633. The molecule has 7 heteroatoms. The van der Waals surface area contributed by atoms with Crippen molar-refractivity contribution in [3.8, 4) is 5.75 Å². The number of nitrogens with one attached hydrogen (secondary N) is 1. The molecule has 0 heterocycles. The van der Waals surface area contributed by atoms with E-state index in [-0.39, 0.29) is 25.0 Å². The third kappa shape index (κ3) is 6.68. The lowest BCUT2D eigenvalue weighted by Crippen LogP contribution is -2.34. The molecular weight excluding hydrogens is 390 g/mol. The van der Waals surface area contributed by atoms with Gasteiger partial charge in [0.1, 0.15) is 5.75 Å². The Bertz CT molecular complexity index is 810. The van der Waals surface area contributed by atoms with Crippen LogP contribution < -0.4 is 15.0 Å². The molecule has 1 N–H and O–H groups in total. The Kier molecular flexibility index (Phi) is 8.80. The van der Waals surface area contributed by atoms with E-state index in [4.69, 9.17) is 16.3 Å². The lowest BCUT2D eigenvalue weighted by atomic mass is 10.2. The van der Waals surface area contributed by atoms with Crippen molar-refractivity contribution in [1.29, 1.82) is 0 Å². The van der Waals surface area contributed by atoms with Crippen LogP contribution in [0.1, 0.15) is 20.8 Å². The van der Waals surface area contributed by atoms with Gasteiger partial charge in [-0.1, -0.05) is 29.8 Å². The van der Waals surface area contributed by atoms with Crippen LogP contribution in [0.3, 0.4) is 0 Å². The second-order valence-corrected chi connectivity index (χ2v) is 6.81. The van der Waals surface area contributed by atoms with Crippen LogP contribution in [0.25, 0.3) is 0 Å². The van der Waals surface area contributed by atoms with Gasteiger partial charge < -0.3 is 19.9 Å². The fraction of sp³-hybridized carbons (Fsp3) is 0.364. The summed E-state index contributed by atoms with van der Waals surface area (Å²) in [5.41, 5.74) is 1.57. The van der Waals surface area contributed by atoms with Crippen LogP contribution in [0.15, 0.2) is 48.5 Å². The highest BCUT2D eigenvalue weighted by Crippen LogP contribution is 2.27. The first-order chi connectivity index (χ1) is 14.0. The molecule has 0 saturated carbocycles. The second-order valence-electron chi connectivity index (χ2n) is 6.40. The largest absolute Gasteiger partial charge is 0.482 e. The van der Waals surface area contributed by atoms with Gasteiger partial charge >= 0.3 is 0 Å². The molecule has 29 heavy (non-hydrogen) atoms. The first-order valence-electron chi connectivity index (χ1n) is 9.78. The summed E-state index contributed by atoms with van der Waals surface area (Å²) in [5.74, 6) is 0.172. The van der Waals surface area contributed by atoms with Crippen LogP contribution in [-0.4, -0.2) is 49.5 Å². The molecule has 2 aromatic carbocycles. The summed E-state index contributed by atoms with van der Waals surface area (Å²) in [5, 5.41) is 3.19. The maximum absolute atomic E-state index is 12.4. The van der Waals surface area contributed by atoms with Gasteiger partial charge in [0.25, 0.3) is 5.91 Å². The number of para-hydroxylation sites is 1. The molecule has 0 fully saturated rings. The van der Waals surface area contributed by atoms with E-state index in [9.17, 15) is 9.59 Å². The number of amides is 2. The van der Waals surface area contributed by atoms with E-state index in [1.165, 1.54) is 0 Å². The molecule has 0 aliphatic carbocycles. The number of hydrogen-bond donors (Lipinski definition) is 1. The van der Waals surface area contributed by atoms with Crippen LogP contribution in [-0.2, 0) is 9.59 Å². The number of carbonyl (C=O) groups excluding carboxylic acids is 2. The highest BCUT2D eigenvalue weighted by molar-refractivity contribution is 6.32. The number of ether oxygens (including phenoxy) is 1. The maximum Gasteiger partial charge on any atom is 0.260 e. The molecule has 2 rings (SSSR count). The Hall–Kier alpha value is -2.73. The Balaban J connectivity index is 1.94. The number of nitrogens with zero attached hydrogens (tertiary/aromatic N) is 2. The summed E-state index contributed by atoms with van der Waals surface area (Å²) in [6, 6.07) is 14.8.